The van der Waals surface area contributed by atoms with Crippen molar-refractivity contribution in [3.8, 4) is 6.07 Å². The number of hydrogen-bond acceptors (Lipinski definition) is 4. The molecule has 0 aromatic carbocycles. The molecule has 4 nitrogen and oxygen atoms in total. The third-order valence-corrected chi connectivity index (χ3v) is 2.83. The van der Waals surface area contributed by atoms with Gasteiger partial charge in [-0.2, -0.15) is 5.26 Å². The number of nitriles is 1. The monoisotopic (exact) mass is 216 g/mol. The Hall–Kier alpha value is -1.44. The number of aromatic nitrogens is 1. The van der Waals surface area contributed by atoms with Gasteiger partial charge in [0.25, 0.3) is 0 Å². The summed E-state index contributed by atoms with van der Waals surface area (Å²) in [5.74, 6) is 0. The number of rotatable bonds is 3. The minimum Gasteiger partial charge on any atom is -0.310 e. The van der Waals surface area contributed by atoms with Gasteiger partial charge in [0.15, 0.2) is 0 Å². The lowest BCUT2D eigenvalue weighted by Gasteiger charge is -2.32. The summed E-state index contributed by atoms with van der Waals surface area (Å²) in [6, 6.07) is 6.63. The Bertz CT molecular complexity index is 357. The first-order valence-electron chi connectivity index (χ1n) is 5.60. The topological polar surface area (TPSA) is 52.0 Å². The lowest BCUT2D eigenvalue weighted by Crippen LogP contribution is -2.49. The molecule has 84 valence electrons. The van der Waals surface area contributed by atoms with Gasteiger partial charge in [-0.1, -0.05) is 0 Å². The van der Waals surface area contributed by atoms with Gasteiger partial charge in [0.2, 0.25) is 0 Å². The molecule has 0 amide bonds. The Morgan fingerprint density at radius 2 is 2.31 bits per heavy atom. The van der Waals surface area contributed by atoms with Gasteiger partial charge in [-0.25, -0.2) is 0 Å². The van der Waals surface area contributed by atoms with Crippen LogP contribution in [0.25, 0.3) is 0 Å². The van der Waals surface area contributed by atoms with Gasteiger partial charge in [-0.15, -0.1) is 0 Å². The second-order valence-electron chi connectivity index (χ2n) is 4.10. The number of pyridine rings is 1. The molecular formula is C12H16N4. The Kier molecular flexibility index (Phi) is 3.86. The molecule has 0 radical (unpaired) electrons. The first-order chi connectivity index (χ1) is 7.88. The Morgan fingerprint density at radius 1 is 1.50 bits per heavy atom. The molecule has 16 heavy (non-hydrogen) atoms. The SMILES string of the molecule is N#CCC1CN(Cc2ccncc2)CCN1. The van der Waals surface area contributed by atoms with E-state index in [9.17, 15) is 0 Å². The Morgan fingerprint density at radius 3 is 3.06 bits per heavy atom. The van der Waals surface area contributed by atoms with E-state index in [1.54, 1.807) is 0 Å². The van der Waals surface area contributed by atoms with Gasteiger partial charge in [-0.05, 0) is 17.7 Å². The van der Waals surface area contributed by atoms with E-state index in [4.69, 9.17) is 5.26 Å². The molecule has 1 aliphatic heterocycles. The second-order valence-corrected chi connectivity index (χ2v) is 4.10. The largest absolute Gasteiger partial charge is 0.310 e. The Labute approximate surface area is 95.9 Å². The molecule has 1 saturated heterocycles. The number of nitrogens with one attached hydrogen (secondary N) is 1. The summed E-state index contributed by atoms with van der Waals surface area (Å²) < 4.78 is 0. The molecule has 1 unspecified atom stereocenters. The molecule has 2 rings (SSSR count). The Balaban J connectivity index is 1.88. The molecule has 1 atom stereocenters. The van der Waals surface area contributed by atoms with E-state index in [1.165, 1.54) is 5.56 Å². The highest BCUT2D eigenvalue weighted by molar-refractivity contribution is 5.09. The van der Waals surface area contributed by atoms with E-state index in [2.05, 4.69) is 21.3 Å². The lowest BCUT2D eigenvalue weighted by molar-refractivity contribution is 0.194. The van der Waals surface area contributed by atoms with Crippen molar-refractivity contribution in [1.82, 2.24) is 15.2 Å². The van der Waals surface area contributed by atoms with Gasteiger partial charge >= 0.3 is 0 Å². The van der Waals surface area contributed by atoms with Crippen LogP contribution >= 0.6 is 0 Å². The maximum Gasteiger partial charge on any atom is 0.0638 e. The van der Waals surface area contributed by atoms with E-state index in [-0.39, 0.29) is 0 Å². The summed E-state index contributed by atoms with van der Waals surface area (Å²) >= 11 is 0. The first-order valence-corrected chi connectivity index (χ1v) is 5.60. The summed E-state index contributed by atoms with van der Waals surface area (Å²) in [6.07, 6.45) is 4.24. The molecule has 0 bridgehead atoms. The maximum absolute atomic E-state index is 8.68. The zero-order valence-electron chi connectivity index (χ0n) is 9.26. The van der Waals surface area contributed by atoms with E-state index in [0.717, 1.165) is 26.2 Å². The second kappa shape index (κ2) is 5.59. The van der Waals surface area contributed by atoms with Crippen LogP contribution in [-0.4, -0.2) is 35.6 Å². The smallest absolute Gasteiger partial charge is 0.0638 e. The van der Waals surface area contributed by atoms with Gasteiger partial charge in [0, 0.05) is 44.6 Å². The van der Waals surface area contributed by atoms with Crippen molar-refractivity contribution < 1.29 is 0 Å². The predicted molar refractivity (Wildman–Crippen MR) is 61.5 cm³/mol. The molecule has 1 aromatic rings. The standard InChI is InChI=1S/C12H16N4/c13-4-1-12-10-16(8-7-15-12)9-11-2-5-14-6-3-11/h2-3,5-6,12,15H,1,7-10H2. The van der Waals surface area contributed by atoms with Crippen molar-refractivity contribution in [2.24, 2.45) is 0 Å². The van der Waals surface area contributed by atoms with E-state index >= 15 is 0 Å². The number of hydrogen-bond donors (Lipinski definition) is 1. The quantitative estimate of drug-likeness (QED) is 0.811. The van der Waals surface area contributed by atoms with E-state index < -0.39 is 0 Å². The van der Waals surface area contributed by atoms with Crippen LogP contribution < -0.4 is 5.32 Å². The van der Waals surface area contributed by atoms with Crippen molar-refractivity contribution in [1.29, 1.82) is 5.26 Å². The highest BCUT2D eigenvalue weighted by Crippen LogP contribution is 2.07. The maximum atomic E-state index is 8.68. The summed E-state index contributed by atoms with van der Waals surface area (Å²) in [4.78, 5) is 6.39. The fourth-order valence-electron chi connectivity index (χ4n) is 2.03. The van der Waals surface area contributed by atoms with Crippen LogP contribution in [0, 0.1) is 11.3 Å². The van der Waals surface area contributed by atoms with Crippen LogP contribution in [0.5, 0.6) is 0 Å². The molecule has 2 heterocycles. The normalized spacial score (nSPS) is 21.6. The number of piperazine rings is 1. The van der Waals surface area contributed by atoms with Crippen molar-refractivity contribution in [3.05, 3.63) is 30.1 Å². The lowest BCUT2D eigenvalue weighted by atomic mass is 10.1. The van der Waals surface area contributed by atoms with Crippen LogP contribution in [0.3, 0.4) is 0 Å². The molecule has 0 spiro atoms. The van der Waals surface area contributed by atoms with Crippen LogP contribution in [0.1, 0.15) is 12.0 Å². The summed E-state index contributed by atoms with van der Waals surface area (Å²) in [7, 11) is 0. The fourth-order valence-corrected chi connectivity index (χ4v) is 2.03. The van der Waals surface area contributed by atoms with Gasteiger partial charge in [0.1, 0.15) is 0 Å². The van der Waals surface area contributed by atoms with Crippen LogP contribution in [0.4, 0.5) is 0 Å². The van der Waals surface area contributed by atoms with Gasteiger partial charge < -0.3 is 5.32 Å². The molecule has 0 saturated carbocycles. The first kappa shape index (κ1) is 11.1. The molecule has 1 fully saturated rings. The summed E-state index contributed by atoms with van der Waals surface area (Å²) in [5.41, 5.74) is 1.28. The van der Waals surface area contributed by atoms with Crippen LogP contribution in [0.2, 0.25) is 0 Å². The molecule has 1 aliphatic rings. The minimum absolute atomic E-state index is 0.320. The van der Waals surface area contributed by atoms with Crippen molar-refractivity contribution in [2.75, 3.05) is 19.6 Å². The molecule has 4 heteroatoms. The van der Waals surface area contributed by atoms with Crippen molar-refractivity contribution in [3.63, 3.8) is 0 Å². The highest BCUT2D eigenvalue weighted by Gasteiger charge is 2.18. The average Bonchev–Trinajstić information content (AvgIpc) is 2.31. The highest BCUT2D eigenvalue weighted by atomic mass is 15.2. The molecule has 1 N–H and O–H groups in total. The van der Waals surface area contributed by atoms with Crippen LogP contribution in [0.15, 0.2) is 24.5 Å². The van der Waals surface area contributed by atoms with E-state index in [1.807, 2.05) is 24.5 Å². The summed E-state index contributed by atoms with van der Waals surface area (Å²) in [6.45, 7) is 3.92. The number of nitrogens with zero attached hydrogens (tertiary/aromatic N) is 3. The molecule has 0 aliphatic carbocycles. The van der Waals surface area contributed by atoms with Crippen molar-refractivity contribution >= 4 is 0 Å². The molecule has 1 aromatic heterocycles. The third-order valence-electron chi connectivity index (χ3n) is 2.83. The predicted octanol–water partition coefficient (Wildman–Crippen LogP) is 0.769. The molecular weight excluding hydrogens is 200 g/mol. The van der Waals surface area contributed by atoms with Crippen LogP contribution in [-0.2, 0) is 6.54 Å². The third kappa shape index (κ3) is 3.02. The zero-order chi connectivity index (χ0) is 11.2. The average molecular weight is 216 g/mol. The van der Waals surface area contributed by atoms with Crippen molar-refractivity contribution in [2.45, 2.75) is 19.0 Å². The van der Waals surface area contributed by atoms with Gasteiger partial charge in [0.05, 0.1) is 12.5 Å². The zero-order valence-corrected chi connectivity index (χ0v) is 9.26. The van der Waals surface area contributed by atoms with E-state index in [0.29, 0.717) is 12.5 Å². The fraction of sp³-hybridized carbons (Fsp3) is 0.500. The van der Waals surface area contributed by atoms with Gasteiger partial charge in [-0.3, -0.25) is 9.88 Å². The summed E-state index contributed by atoms with van der Waals surface area (Å²) in [5, 5.41) is 12.0. The minimum atomic E-state index is 0.320.